The van der Waals surface area contributed by atoms with E-state index in [-0.39, 0.29) is 0 Å². The van der Waals surface area contributed by atoms with Crippen molar-refractivity contribution < 1.29 is 29.6 Å². The molecule has 0 bridgehead atoms. The van der Waals surface area contributed by atoms with Gasteiger partial charge in [0.15, 0.2) is 0 Å². The van der Waals surface area contributed by atoms with Crippen molar-refractivity contribution in [3.05, 3.63) is 67.8 Å². The summed E-state index contributed by atoms with van der Waals surface area (Å²) in [4.78, 5) is 0. The molecule has 1 aliphatic carbocycles. The standard InChI is InChI=1S/C8H12O.C6H7.2CO.Mn/c1-3-5-6-7-8-9-4-2;1-6-4-2-3-5-6;2*1-2;/h3,5-7H,4H2,1-2H3;2-5H,1H3;;;/b5-3+,7-6+;;;;. The average Bonchev–Trinajstić information content (AvgIpc) is 2.96. The summed E-state index contributed by atoms with van der Waals surface area (Å²) in [5, 5.41) is 0. The van der Waals surface area contributed by atoms with Crippen LogP contribution in [0.3, 0.4) is 0 Å². The van der Waals surface area contributed by atoms with Gasteiger partial charge in [-0.3, -0.25) is 0 Å². The monoisotopic (exact) mass is 314 g/mol. The van der Waals surface area contributed by atoms with Gasteiger partial charge in [-0.25, -0.2) is 0 Å². The van der Waals surface area contributed by atoms with Crippen molar-refractivity contribution in [3.63, 3.8) is 0 Å². The second-order valence-electron chi connectivity index (χ2n) is 3.08. The minimum atomic E-state index is 0.695. The molecule has 0 amide bonds. The third-order valence-corrected chi connectivity index (χ3v) is 2.01. The molecule has 1 radical (unpaired) electrons. The Morgan fingerprint density at radius 3 is 2.20 bits per heavy atom. The molecule has 0 heterocycles. The molecule has 20 heavy (non-hydrogen) atoms. The molecule has 0 N–H and O–H groups in total. The Labute approximate surface area is 129 Å². The summed E-state index contributed by atoms with van der Waals surface area (Å²) in [6.07, 6.45) is 15.9. The van der Waals surface area contributed by atoms with Crippen molar-refractivity contribution in [2.24, 2.45) is 0 Å². The quantitative estimate of drug-likeness (QED) is 0.339. The van der Waals surface area contributed by atoms with Crippen molar-refractivity contribution in [2.45, 2.75) is 20.8 Å². The Morgan fingerprint density at radius 1 is 1.30 bits per heavy atom. The average molecular weight is 314 g/mol. The molecule has 108 valence electrons. The topological polar surface area (TPSA) is 49.0 Å². The Morgan fingerprint density at radius 2 is 1.90 bits per heavy atom. The Hall–Kier alpha value is -1.21. The molecule has 0 aromatic rings. The molecule has 0 aliphatic heterocycles. The van der Waals surface area contributed by atoms with E-state index in [0.29, 0.717) is 6.61 Å². The van der Waals surface area contributed by atoms with Gasteiger partial charge >= 0.3 is 92.3 Å². The predicted octanol–water partition coefficient (Wildman–Crippen LogP) is 3.46. The minimum absolute atomic E-state index is 0.695. The third-order valence-electron chi connectivity index (χ3n) is 1.64. The zero-order valence-electron chi connectivity index (χ0n) is 11.9. The van der Waals surface area contributed by atoms with Gasteiger partial charge in [0.25, 0.3) is 0 Å². The number of ether oxygens (including phenoxy) is 1. The molecule has 0 aromatic heterocycles. The van der Waals surface area contributed by atoms with E-state index in [1.807, 2.05) is 50.6 Å². The number of rotatable bonds is 4. The fraction of sp³-hybridized carbons (Fsp3) is 0.250. The van der Waals surface area contributed by atoms with Gasteiger partial charge in [-0.1, -0.05) is 23.8 Å². The number of allylic oxidation sites excluding steroid dienone is 7. The molecule has 1 aliphatic rings. The molecule has 0 fully saturated rings. The van der Waals surface area contributed by atoms with Crippen LogP contribution in [0.2, 0.25) is 0 Å². The van der Waals surface area contributed by atoms with Crippen molar-refractivity contribution in [1.82, 2.24) is 0 Å². The zero-order chi connectivity index (χ0) is 16.2. The van der Waals surface area contributed by atoms with Gasteiger partial charge in [-0.2, -0.15) is 0 Å². The third kappa shape index (κ3) is 22.0. The molecule has 0 saturated heterocycles. The van der Waals surface area contributed by atoms with Crippen molar-refractivity contribution in [1.29, 1.82) is 0 Å². The SMILES string of the molecule is C/C=C/C=C/[C](=[Mn])OCC.CC1=C[CH]C=C1.[C-]#[O+].[C-]#[O+]. The molecule has 1 rings (SSSR count). The van der Waals surface area contributed by atoms with Crippen LogP contribution in [-0.2, 0) is 29.6 Å². The maximum atomic E-state index is 7.50. The Balaban J connectivity index is -0.000000245. The van der Waals surface area contributed by atoms with Gasteiger partial charge in [0.1, 0.15) is 0 Å². The van der Waals surface area contributed by atoms with E-state index in [4.69, 9.17) is 14.0 Å². The maximum absolute atomic E-state index is 7.50. The summed E-state index contributed by atoms with van der Waals surface area (Å²) in [6, 6.07) is 0. The van der Waals surface area contributed by atoms with Crippen LogP contribution in [0.15, 0.2) is 48.1 Å². The second-order valence-corrected chi connectivity index (χ2v) is 3.67. The first-order valence-corrected chi connectivity index (χ1v) is 6.33. The van der Waals surface area contributed by atoms with Gasteiger partial charge < -0.3 is 0 Å². The van der Waals surface area contributed by atoms with E-state index in [1.165, 1.54) is 5.57 Å². The first kappa shape index (κ1) is 23.9. The summed E-state index contributed by atoms with van der Waals surface area (Å²) < 4.78 is 20.9. The molecule has 0 atom stereocenters. The van der Waals surface area contributed by atoms with Crippen LogP contribution in [0, 0.1) is 19.7 Å². The van der Waals surface area contributed by atoms with Crippen molar-refractivity contribution in [2.75, 3.05) is 6.61 Å². The fourth-order valence-corrected chi connectivity index (χ4v) is 1.18. The summed E-state index contributed by atoms with van der Waals surface area (Å²) in [5.74, 6) is 0. The van der Waals surface area contributed by atoms with Crippen LogP contribution in [0.1, 0.15) is 20.8 Å². The number of hydrogen-bond donors (Lipinski definition) is 0. The Kier molecular flexibility index (Phi) is 27.3. The Bertz CT molecular complexity index is 376. The molecule has 3 nitrogen and oxygen atoms in total. The van der Waals surface area contributed by atoms with Crippen LogP contribution >= 0.6 is 0 Å². The summed E-state index contributed by atoms with van der Waals surface area (Å²) in [5.41, 5.74) is 1.34. The molecule has 0 unspecified atom stereocenters. The van der Waals surface area contributed by atoms with Crippen molar-refractivity contribution >= 4 is 4.60 Å². The molecule has 0 aromatic carbocycles. The van der Waals surface area contributed by atoms with Crippen LogP contribution in [-0.4, -0.2) is 11.2 Å². The van der Waals surface area contributed by atoms with Crippen molar-refractivity contribution in [3.8, 4) is 0 Å². The van der Waals surface area contributed by atoms with Gasteiger partial charge in [0.2, 0.25) is 0 Å². The van der Waals surface area contributed by atoms with Gasteiger partial charge in [0, 0.05) is 6.42 Å². The summed E-state index contributed by atoms with van der Waals surface area (Å²) in [7, 11) is 0. The van der Waals surface area contributed by atoms with E-state index in [0.717, 1.165) is 4.60 Å². The van der Waals surface area contributed by atoms with Crippen LogP contribution < -0.4 is 0 Å². The zero-order valence-corrected chi connectivity index (χ0v) is 13.1. The van der Waals surface area contributed by atoms with Gasteiger partial charge in [0.05, 0.1) is 0 Å². The summed E-state index contributed by atoms with van der Waals surface area (Å²) in [6.45, 7) is 15.7. The first-order chi connectivity index (χ1) is 9.70. The normalized spacial score (nSPS) is 11.4. The van der Waals surface area contributed by atoms with Crippen LogP contribution in [0.25, 0.3) is 0 Å². The fourth-order valence-electron chi connectivity index (χ4n) is 0.899. The van der Waals surface area contributed by atoms with E-state index >= 15 is 0 Å². The molecular formula is C16H19MnO3. The molecule has 4 heteroatoms. The summed E-state index contributed by atoms with van der Waals surface area (Å²) >= 11 is 3.24. The van der Waals surface area contributed by atoms with E-state index < -0.39 is 0 Å². The molecule has 0 saturated carbocycles. The van der Waals surface area contributed by atoms with E-state index in [2.05, 4.69) is 48.0 Å². The van der Waals surface area contributed by atoms with Crippen LogP contribution in [0.5, 0.6) is 0 Å². The second kappa shape index (κ2) is 22.9. The van der Waals surface area contributed by atoms with Crippen LogP contribution in [0.4, 0.5) is 0 Å². The van der Waals surface area contributed by atoms with Gasteiger partial charge in [-0.05, 0) is 6.92 Å². The van der Waals surface area contributed by atoms with E-state index in [1.54, 1.807) is 0 Å². The predicted molar refractivity (Wildman–Crippen MR) is 75.6 cm³/mol. The molecular weight excluding hydrogens is 295 g/mol. The molecule has 0 spiro atoms. The first-order valence-electron chi connectivity index (χ1n) is 5.74. The number of hydrogen-bond acceptors (Lipinski definition) is 1. The van der Waals surface area contributed by atoms with Gasteiger partial charge in [-0.15, -0.1) is 0 Å². The van der Waals surface area contributed by atoms with E-state index in [9.17, 15) is 0 Å².